The van der Waals surface area contributed by atoms with Crippen molar-refractivity contribution in [2.24, 2.45) is 0 Å². The monoisotopic (exact) mass is 165 g/mol. The standard InChI is InChI=1S/C8H7NOS/c1-3-6(10)7-4-5-8(9-2)11-7/h4-5H,3H2,1H3. The van der Waals surface area contributed by atoms with Gasteiger partial charge in [0.15, 0.2) is 5.78 Å². The van der Waals surface area contributed by atoms with Crippen LogP contribution >= 0.6 is 11.3 Å². The fourth-order valence-electron chi connectivity index (χ4n) is 0.712. The normalized spacial score (nSPS) is 9.09. The predicted octanol–water partition coefficient (Wildman–Crippen LogP) is 2.89. The molecule has 0 unspecified atom stereocenters. The van der Waals surface area contributed by atoms with Crippen LogP contribution in [0.15, 0.2) is 12.1 Å². The quantitative estimate of drug-likeness (QED) is 0.487. The van der Waals surface area contributed by atoms with Crippen molar-refractivity contribution in [3.63, 3.8) is 0 Å². The average molecular weight is 165 g/mol. The summed E-state index contributed by atoms with van der Waals surface area (Å²) in [4.78, 5) is 15.0. The van der Waals surface area contributed by atoms with E-state index in [1.165, 1.54) is 11.3 Å². The summed E-state index contributed by atoms with van der Waals surface area (Å²) in [5.41, 5.74) is 0. The van der Waals surface area contributed by atoms with Gasteiger partial charge in [-0.2, -0.15) is 11.3 Å². The van der Waals surface area contributed by atoms with E-state index in [2.05, 4.69) is 4.85 Å². The highest BCUT2D eigenvalue weighted by molar-refractivity contribution is 7.18. The molecule has 1 heterocycles. The fraction of sp³-hybridized carbons (Fsp3) is 0.250. The SMILES string of the molecule is [C-]#[N+]c1ccc(C(=O)CC)s1. The van der Waals surface area contributed by atoms with Crippen LogP contribution < -0.4 is 0 Å². The number of rotatable bonds is 2. The van der Waals surface area contributed by atoms with Gasteiger partial charge in [-0.25, -0.2) is 4.85 Å². The van der Waals surface area contributed by atoms with Crippen molar-refractivity contribution < 1.29 is 4.79 Å². The molecule has 0 aromatic carbocycles. The van der Waals surface area contributed by atoms with E-state index in [-0.39, 0.29) is 5.78 Å². The largest absolute Gasteiger partial charge is 0.293 e. The summed E-state index contributed by atoms with van der Waals surface area (Å²) in [6.07, 6.45) is 0.512. The van der Waals surface area contributed by atoms with Crippen LogP contribution in [0.1, 0.15) is 23.0 Å². The summed E-state index contributed by atoms with van der Waals surface area (Å²) in [7, 11) is 0. The van der Waals surface area contributed by atoms with Gasteiger partial charge in [0.05, 0.1) is 11.4 Å². The number of Topliss-reactive ketones (excluding diaryl/α,β-unsaturated/α-hetero) is 1. The van der Waals surface area contributed by atoms with Gasteiger partial charge in [0.2, 0.25) is 5.00 Å². The van der Waals surface area contributed by atoms with E-state index in [4.69, 9.17) is 6.57 Å². The van der Waals surface area contributed by atoms with E-state index in [0.717, 1.165) is 0 Å². The lowest BCUT2D eigenvalue weighted by Gasteiger charge is -1.87. The van der Waals surface area contributed by atoms with E-state index in [9.17, 15) is 4.79 Å². The summed E-state index contributed by atoms with van der Waals surface area (Å²) >= 11 is 1.26. The molecule has 0 aliphatic carbocycles. The minimum absolute atomic E-state index is 0.116. The first-order valence-corrected chi connectivity index (χ1v) is 4.10. The maximum Gasteiger partial charge on any atom is 0.241 e. The molecule has 11 heavy (non-hydrogen) atoms. The van der Waals surface area contributed by atoms with Crippen LogP contribution in [0.5, 0.6) is 0 Å². The zero-order chi connectivity index (χ0) is 8.27. The maximum atomic E-state index is 11.1. The molecule has 1 rings (SSSR count). The van der Waals surface area contributed by atoms with E-state index >= 15 is 0 Å². The van der Waals surface area contributed by atoms with Crippen LogP contribution in [-0.2, 0) is 0 Å². The first-order valence-electron chi connectivity index (χ1n) is 3.28. The lowest BCUT2D eigenvalue weighted by molar-refractivity contribution is 0.0992. The van der Waals surface area contributed by atoms with E-state index < -0.39 is 0 Å². The van der Waals surface area contributed by atoms with Gasteiger partial charge in [0.1, 0.15) is 0 Å². The molecule has 0 radical (unpaired) electrons. The van der Waals surface area contributed by atoms with Crippen LogP contribution in [-0.4, -0.2) is 5.78 Å². The Bertz CT molecular complexity index is 308. The second kappa shape index (κ2) is 3.31. The second-order valence-corrected chi connectivity index (χ2v) is 3.09. The van der Waals surface area contributed by atoms with Gasteiger partial charge in [-0.3, -0.25) is 4.79 Å². The van der Waals surface area contributed by atoms with Crippen molar-refractivity contribution in [2.45, 2.75) is 13.3 Å². The summed E-state index contributed by atoms with van der Waals surface area (Å²) < 4.78 is 0. The zero-order valence-electron chi connectivity index (χ0n) is 6.13. The van der Waals surface area contributed by atoms with Gasteiger partial charge in [0, 0.05) is 6.42 Å². The number of ketones is 1. The molecule has 1 aromatic heterocycles. The van der Waals surface area contributed by atoms with Crippen LogP contribution in [0.4, 0.5) is 5.00 Å². The fourth-order valence-corrected chi connectivity index (χ4v) is 1.51. The predicted molar refractivity (Wildman–Crippen MR) is 45.2 cm³/mol. The van der Waals surface area contributed by atoms with Crippen LogP contribution in [0, 0.1) is 6.57 Å². The number of carbonyl (C=O) groups excluding carboxylic acids is 1. The second-order valence-electron chi connectivity index (χ2n) is 2.03. The molecule has 0 amide bonds. The van der Waals surface area contributed by atoms with Gasteiger partial charge in [0.25, 0.3) is 0 Å². The number of carbonyl (C=O) groups is 1. The molecule has 3 heteroatoms. The Morgan fingerprint density at radius 3 is 2.91 bits per heavy atom. The van der Waals surface area contributed by atoms with Crippen molar-refractivity contribution in [2.75, 3.05) is 0 Å². The minimum Gasteiger partial charge on any atom is -0.293 e. The third kappa shape index (κ3) is 1.66. The Labute approximate surface area is 69.3 Å². The first kappa shape index (κ1) is 7.96. The first-order chi connectivity index (χ1) is 5.27. The molecule has 0 atom stereocenters. The lowest BCUT2D eigenvalue weighted by Crippen LogP contribution is -1.90. The smallest absolute Gasteiger partial charge is 0.241 e. The van der Waals surface area contributed by atoms with Crippen LogP contribution in [0.3, 0.4) is 0 Å². The highest BCUT2D eigenvalue weighted by atomic mass is 32.1. The minimum atomic E-state index is 0.116. The molecule has 0 saturated carbocycles. The van der Waals surface area contributed by atoms with Crippen LogP contribution in [0.25, 0.3) is 4.85 Å². The molecule has 0 fully saturated rings. The average Bonchev–Trinajstić information content (AvgIpc) is 2.50. The zero-order valence-corrected chi connectivity index (χ0v) is 6.94. The molecule has 2 nitrogen and oxygen atoms in total. The van der Waals surface area contributed by atoms with E-state index in [0.29, 0.717) is 16.3 Å². The number of nitrogens with zero attached hydrogens (tertiary/aromatic N) is 1. The van der Waals surface area contributed by atoms with Crippen LogP contribution in [0.2, 0.25) is 0 Å². The lowest BCUT2D eigenvalue weighted by atomic mass is 10.3. The van der Waals surface area contributed by atoms with Crippen molar-refractivity contribution >= 4 is 22.1 Å². The summed E-state index contributed by atoms with van der Waals surface area (Å²) in [5.74, 6) is 0.116. The molecule has 1 aromatic rings. The maximum absolute atomic E-state index is 11.1. The van der Waals surface area contributed by atoms with Gasteiger partial charge < -0.3 is 0 Å². The molecule has 0 N–H and O–H groups in total. The van der Waals surface area contributed by atoms with Crippen molar-refractivity contribution in [3.05, 3.63) is 28.4 Å². The Kier molecular flexibility index (Phi) is 2.40. The van der Waals surface area contributed by atoms with Gasteiger partial charge in [-0.1, -0.05) is 13.0 Å². The summed E-state index contributed by atoms with van der Waals surface area (Å²) in [5, 5.41) is 0.585. The Morgan fingerprint density at radius 1 is 1.73 bits per heavy atom. The highest BCUT2D eigenvalue weighted by Crippen LogP contribution is 2.25. The van der Waals surface area contributed by atoms with E-state index in [1.54, 1.807) is 12.1 Å². The molecule has 0 aliphatic rings. The van der Waals surface area contributed by atoms with Crippen molar-refractivity contribution in [1.82, 2.24) is 0 Å². The summed E-state index contributed by atoms with van der Waals surface area (Å²) in [6.45, 7) is 8.50. The molecular formula is C8H7NOS. The number of thiophene rings is 1. The number of hydrogen-bond donors (Lipinski definition) is 0. The Morgan fingerprint density at radius 2 is 2.45 bits per heavy atom. The van der Waals surface area contributed by atoms with Crippen molar-refractivity contribution in [3.8, 4) is 0 Å². The third-order valence-electron chi connectivity index (χ3n) is 1.30. The van der Waals surface area contributed by atoms with Crippen molar-refractivity contribution in [1.29, 1.82) is 0 Å². The molecular weight excluding hydrogens is 158 g/mol. The number of hydrogen-bond acceptors (Lipinski definition) is 2. The Balaban J connectivity index is 2.91. The topological polar surface area (TPSA) is 21.4 Å². The summed E-state index contributed by atoms with van der Waals surface area (Å²) in [6, 6.07) is 3.39. The highest BCUT2D eigenvalue weighted by Gasteiger charge is 2.05. The van der Waals surface area contributed by atoms with Gasteiger partial charge >= 0.3 is 0 Å². The molecule has 0 saturated heterocycles. The molecule has 0 bridgehead atoms. The molecule has 0 spiro atoms. The van der Waals surface area contributed by atoms with Gasteiger partial charge in [-0.05, 0) is 6.07 Å². The van der Waals surface area contributed by atoms with Gasteiger partial charge in [-0.15, -0.1) is 0 Å². The molecule has 56 valence electrons. The van der Waals surface area contributed by atoms with E-state index in [1.807, 2.05) is 6.92 Å². The molecule has 0 aliphatic heterocycles. The third-order valence-corrected chi connectivity index (χ3v) is 2.32. The Hall–Kier alpha value is -1.14.